The van der Waals surface area contributed by atoms with Crippen LogP contribution in [0.1, 0.15) is 54.2 Å². The van der Waals surface area contributed by atoms with Crippen LogP contribution in [0.25, 0.3) is 0 Å². The van der Waals surface area contributed by atoms with Crippen LogP contribution in [0, 0.1) is 6.92 Å². The molecule has 9 heteroatoms. The van der Waals surface area contributed by atoms with Crippen LogP contribution in [-0.2, 0) is 11.3 Å². The van der Waals surface area contributed by atoms with Gasteiger partial charge >= 0.3 is 6.03 Å². The van der Waals surface area contributed by atoms with Gasteiger partial charge in [0, 0.05) is 37.0 Å². The molecule has 1 aromatic heterocycles. The molecule has 3 amide bonds. The van der Waals surface area contributed by atoms with Gasteiger partial charge in [0.2, 0.25) is 5.91 Å². The number of amides is 3. The van der Waals surface area contributed by atoms with Crippen LogP contribution in [0.3, 0.4) is 0 Å². The van der Waals surface area contributed by atoms with Crippen molar-refractivity contribution in [1.29, 1.82) is 0 Å². The van der Waals surface area contributed by atoms with Gasteiger partial charge < -0.3 is 10.6 Å². The molecule has 0 radical (unpaired) electrons. The van der Waals surface area contributed by atoms with E-state index in [1.165, 1.54) is 11.3 Å². The van der Waals surface area contributed by atoms with Gasteiger partial charge in [-0.05, 0) is 25.5 Å². The van der Waals surface area contributed by atoms with Gasteiger partial charge in [0.1, 0.15) is 0 Å². The van der Waals surface area contributed by atoms with Crippen LogP contribution in [0.5, 0.6) is 0 Å². The first kappa shape index (κ1) is 22.9. The second-order valence-electron chi connectivity index (χ2n) is 7.71. The maximum Gasteiger partial charge on any atom is 0.325 e. The highest BCUT2D eigenvalue weighted by atomic mass is 32.1. The number of thiazole rings is 1. The maximum atomic E-state index is 12.6. The molecule has 3 N–H and O–H groups in total. The van der Waals surface area contributed by atoms with E-state index >= 15 is 0 Å². The minimum atomic E-state index is -0.440. The van der Waals surface area contributed by atoms with Crippen molar-refractivity contribution in [2.75, 3.05) is 30.3 Å². The van der Waals surface area contributed by atoms with E-state index in [-0.39, 0.29) is 11.7 Å². The minimum Gasteiger partial charge on any atom is -0.354 e. The Labute approximate surface area is 186 Å². The predicted octanol–water partition coefficient (Wildman–Crippen LogP) is 3.79. The normalized spacial score (nSPS) is 14.2. The van der Waals surface area contributed by atoms with Crippen LogP contribution in [0.4, 0.5) is 15.6 Å². The van der Waals surface area contributed by atoms with Crippen molar-refractivity contribution >= 4 is 39.9 Å². The molecule has 2 aromatic rings. The molecule has 1 fully saturated rings. The first-order valence-corrected chi connectivity index (χ1v) is 11.5. The summed E-state index contributed by atoms with van der Waals surface area (Å²) in [6.45, 7) is 6.34. The third kappa shape index (κ3) is 6.86. The molecule has 1 aliphatic rings. The van der Waals surface area contributed by atoms with E-state index in [1.807, 2.05) is 29.3 Å². The quantitative estimate of drug-likeness (QED) is 0.404. The number of piperazine rings is 1. The Bertz CT molecular complexity index is 943. The number of nitrogens with one attached hydrogen (secondary N) is 3. The van der Waals surface area contributed by atoms with Crippen LogP contribution < -0.4 is 16.0 Å². The molecule has 2 heterocycles. The molecule has 0 saturated carbocycles. The van der Waals surface area contributed by atoms with E-state index in [0.717, 1.165) is 37.1 Å². The zero-order valence-corrected chi connectivity index (χ0v) is 18.8. The first-order chi connectivity index (χ1) is 14.9. The van der Waals surface area contributed by atoms with Crippen molar-refractivity contribution in [2.24, 2.45) is 0 Å². The molecule has 0 atom stereocenters. The lowest BCUT2D eigenvalue weighted by molar-refractivity contribution is -0.124. The molecule has 8 nitrogen and oxygen atoms in total. The van der Waals surface area contributed by atoms with E-state index in [0.29, 0.717) is 42.4 Å². The summed E-state index contributed by atoms with van der Waals surface area (Å²) in [6, 6.07) is 5.01. The lowest BCUT2D eigenvalue weighted by Gasteiger charge is -2.25. The Balaban J connectivity index is 1.59. The molecule has 166 valence electrons. The summed E-state index contributed by atoms with van der Waals surface area (Å²) in [6.07, 6.45) is 3.37. The summed E-state index contributed by atoms with van der Waals surface area (Å²) in [5, 5.41) is 10.7. The number of hydrogen-bond acceptors (Lipinski definition) is 6. The average Bonchev–Trinajstić information content (AvgIpc) is 3.16. The minimum absolute atomic E-state index is 0.0114. The molecular formula is C22H29N5O3S. The number of ketones is 1. The fourth-order valence-corrected chi connectivity index (χ4v) is 4.11. The molecule has 0 spiro atoms. The van der Waals surface area contributed by atoms with Gasteiger partial charge in [0.05, 0.1) is 17.9 Å². The van der Waals surface area contributed by atoms with Crippen molar-refractivity contribution in [2.45, 2.75) is 46.1 Å². The van der Waals surface area contributed by atoms with Gasteiger partial charge in [-0.15, -0.1) is 11.3 Å². The number of hydrogen-bond donors (Lipinski definition) is 3. The summed E-state index contributed by atoms with van der Waals surface area (Å²) < 4.78 is 0. The molecule has 3 rings (SSSR count). The zero-order valence-electron chi connectivity index (χ0n) is 18.0. The van der Waals surface area contributed by atoms with E-state index in [2.05, 4.69) is 27.9 Å². The largest absolute Gasteiger partial charge is 0.354 e. The molecule has 1 saturated heterocycles. The smallest absolute Gasteiger partial charge is 0.325 e. The van der Waals surface area contributed by atoms with Crippen molar-refractivity contribution in [3.05, 3.63) is 40.4 Å². The average molecular weight is 444 g/mol. The standard InChI is InChI=1S/C22H29N5O3S/c1-3-4-5-6-19(28)17-11-15(2)7-8-18(17)25-21(30)26-22-24-16(14-31-22)12-27-10-9-23-20(29)13-27/h7-8,11,14H,3-6,9-10,12-13H2,1-2H3,(H,23,29)(H2,24,25,26,30). The van der Waals surface area contributed by atoms with Gasteiger partial charge in [-0.25, -0.2) is 9.78 Å². The summed E-state index contributed by atoms with van der Waals surface area (Å²) in [7, 11) is 0. The Morgan fingerprint density at radius 3 is 2.87 bits per heavy atom. The molecule has 0 unspecified atom stereocenters. The third-order valence-electron chi connectivity index (χ3n) is 5.01. The Morgan fingerprint density at radius 1 is 1.26 bits per heavy atom. The lowest BCUT2D eigenvalue weighted by atomic mass is 10.0. The number of aryl methyl sites for hydroxylation is 1. The lowest BCUT2D eigenvalue weighted by Crippen LogP contribution is -2.47. The summed E-state index contributed by atoms with van der Waals surface area (Å²) in [4.78, 5) is 43.1. The Morgan fingerprint density at radius 2 is 2.10 bits per heavy atom. The number of rotatable bonds is 9. The molecule has 0 bridgehead atoms. The highest BCUT2D eigenvalue weighted by Crippen LogP contribution is 2.22. The van der Waals surface area contributed by atoms with Crippen molar-refractivity contribution in [1.82, 2.24) is 15.2 Å². The number of nitrogens with zero attached hydrogens (tertiary/aromatic N) is 2. The Kier molecular flexibility index (Phi) is 8.13. The third-order valence-corrected chi connectivity index (χ3v) is 5.81. The maximum absolute atomic E-state index is 12.6. The van der Waals surface area contributed by atoms with Gasteiger partial charge in [-0.3, -0.25) is 19.8 Å². The van der Waals surface area contributed by atoms with E-state index in [4.69, 9.17) is 0 Å². The second-order valence-corrected chi connectivity index (χ2v) is 8.57. The highest BCUT2D eigenvalue weighted by molar-refractivity contribution is 7.13. The second kappa shape index (κ2) is 11.0. The van der Waals surface area contributed by atoms with Gasteiger partial charge in [0.25, 0.3) is 0 Å². The fraction of sp³-hybridized carbons (Fsp3) is 0.455. The van der Waals surface area contributed by atoms with E-state index < -0.39 is 6.03 Å². The number of anilines is 2. The fourth-order valence-electron chi connectivity index (χ4n) is 3.41. The summed E-state index contributed by atoms with van der Waals surface area (Å²) in [5.41, 5.74) is 2.81. The molecule has 1 aromatic carbocycles. The van der Waals surface area contributed by atoms with Crippen molar-refractivity contribution < 1.29 is 14.4 Å². The SMILES string of the molecule is CCCCCC(=O)c1cc(C)ccc1NC(=O)Nc1nc(CN2CCNC(=O)C2)cs1. The number of benzene rings is 1. The number of Topliss-reactive ketones (excluding diaryl/α,β-unsaturated/α-hetero) is 1. The van der Waals surface area contributed by atoms with Crippen LogP contribution in [-0.4, -0.2) is 47.2 Å². The monoisotopic (exact) mass is 443 g/mol. The van der Waals surface area contributed by atoms with Crippen LogP contribution in [0.15, 0.2) is 23.6 Å². The topological polar surface area (TPSA) is 103 Å². The predicted molar refractivity (Wildman–Crippen MR) is 123 cm³/mol. The number of aromatic nitrogens is 1. The number of carbonyl (C=O) groups is 3. The van der Waals surface area contributed by atoms with E-state index in [9.17, 15) is 14.4 Å². The Hall–Kier alpha value is -2.78. The number of unbranched alkanes of at least 4 members (excludes halogenated alkanes) is 2. The summed E-state index contributed by atoms with van der Waals surface area (Å²) in [5.74, 6) is 0.0481. The van der Waals surface area contributed by atoms with E-state index in [1.54, 1.807) is 6.07 Å². The molecule has 31 heavy (non-hydrogen) atoms. The summed E-state index contributed by atoms with van der Waals surface area (Å²) >= 11 is 1.33. The first-order valence-electron chi connectivity index (χ1n) is 10.6. The van der Waals surface area contributed by atoms with Crippen molar-refractivity contribution in [3.8, 4) is 0 Å². The van der Waals surface area contributed by atoms with Crippen LogP contribution in [0.2, 0.25) is 0 Å². The molecule has 1 aliphatic heterocycles. The number of carbonyl (C=O) groups excluding carboxylic acids is 3. The molecule has 0 aliphatic carbocycles. The van der Waals surface area contributed by atoms with Crippen molar-refractivity contribution in [3.63, 3.8) is 0 Å². The van der Waals surface area contributed by atoms with Gasteiger partial charge in [-0.2, -0.15) is 0 Å². The molecular weight excluding hydrogens is 414 g/mol. The highest BCUT2D eigenvalue weighted by Gasteiger charge is 2.18. The van der Waals surface area contributed by atoms with Gasteiger partial charge in [-0.1, -0.05) is 31.4 Å². The van der Waals surface area contributed by atoms with Gasteiger partial charge in [0.15, 0.2) is 10.9 Å². The number of urea groups is 1. The zero-order chi connectivity index (χ0) is 22.2. The van der Waals surface area contributed by atoms with Crippen LogP contribution >= 0.6 is 11.3 Å².